The van der Waals surface area contributed by atoms with E-state index < -0.39 is 0 Å². The van der Waals surface area contributed by atoms with Gasteiger partial charge in [-0.3, -0.25) is 0 Å². The summed E-state index contributed by atoms with van der Waals surface area (Å²) in [6.45, 7) is 2.15. The van der Waals surface area contributed by atoms with E-state index in [0.717, 1.165) is 30.4 Å². The van der Waals surface area contributed by atoms with Crippen LogP contribution in [-0.2, 0) is 6.54 Å². The molecule has 0 amide bonds. The second-order valence-corrected chi connectivity index (χ2v) is 4.15. The lowest BCUT2D eigenvalue weighted by molar-refractivity contribution is 0.283. The van der Waals surface area contributed by atoms with Gasteiger partial charge in [0.05, 0.1) is 0 Å². The third kappa shape index (κ3) is 4.74. The maximum atomic E-state index is 8.59. The highest BCUT2D eigenvalue weighted by Crippen LogP contribution is 2.11. The highest BCUT2D eigenvalue weighted by molar-refractivity contribution is 9.10. The summed E-state index contributed by atoms with van der Waals surface area (Å²) >= 11 is 3.44. The van der Waals surface area contributed by atoms with Crippen LogP contribution in [-0.4, -0.2) is 18.3 Å². The molecule has 3 heteroatoms. The summed E-state index contributed by atoms with van der Waals surface area (Å²) in [6, 6.07) is 8.27. The average Bonchev–Trinajstić information content (AvgIpc) is 2.18. The number of hydrogen-bond acceptors (Lipinski definition) is 2. The van der Waals surface area contributed by atoms with Gasteiger partial charge in [0.1, 0.15) is 0 Å². The molecule has 1 rings (SSSR count). The normalized spacial score (nSPS) is 10.4. The quantitative estimate of drug-likeness (QED) is 0.767. The van der Waals surface area contributed by atoms with Gasteiger partial charge in [-0.1, -0.05) is 28.1 Å². The lowest BCUT2D eigenvalue weighted by Crippen LogP contribution is -2.14. The molecule has 0 radical (unpaired) electrons. The first-order valence-corrected chi connectivity index (χ1v) is 5.68. The minimum atomic E-state index is 0.290. The van der Waals surface area contributed by atoms with Gasteiger partial charge in [0.2, 0.25) is 0 Å². The van der Waals surface area contributed by atoms with E-state index in [9.17, 15) is 0 Å². The Labute approximate surface area is 93.5 Å². The number of halogens is 1. The smallest absolute Gasteiger partial charge is 0.0431 e. The molecular weight excluding hydrogens is 242 g/mol. The average molecular weight is 258 g/mol. The topological polar surface area (TPSA) is 32.3 Å². The zero-order chi connectivity index (χ0) is 10.2. The van der Waals surface area contributed by atoms with Crippen LogP contribution in [0.5, 0.6) is 0 Å². The van der Waals surface area contributed by atoms with Crippen molar-refractivity contribution in [1.82, 2.24) is 5.32 Å². The Morgan fingerprint density at radius 1 is 1.29 bits per heavy atom. The van der Waals surface area contributed by atoms with Crippen molar-refractivity contribution in [2.24, 2.45) is 0 Å². The molecule has 0 saturated heterocycles. The van der Waals surface area contributed by atoms with E-state index in [1.54, 1.807) is 0 Å². The van der Waals surface area contributed by atoms with Gasteiger partial charge in [-0.2, -0.15) is 0 Å². The highest BCUT2D eigenvalue weighted by Gasteiger charge is 1.93. The summed E-state index contributed by atoms with van der Waals surface area (Å²) in [7, 11) is 0. The van der Waals surface area contributed by atoms with Crippen molar-refractivity contribution in [3.63, 3.8) is 0 Å². The van der Waals surface area contributed by atoms with Crippen molar-refractivity contribution in [3.05, 3.63) is 34.3 Å². The van der Waals surface area contributed by atoms with E-state index in [2.05, 4.69) is 33.4 Å². The number of benzene rings is 1. The predicted octanol–water partition coefficient (Wildman–Crippen LogP) is 2.31. The van der Waals surface area contributed by atoms with Crippen LogP contribution in [0.25, 0.3) is 0 Å². The molecular formula is C11H16BrNO. The molecule has 0 aromatic heterocycles. The lowest BCUT2D eigenvalue weighted by atomic mass is 10.2. The van der Waals surface area contributed by atoms with E-state index >= 15 is 0 Å². The number of aliphatic hydroxyl groups excluding tert-OH is 1. The van der Waals surface area contributed by atoms with Gasteiger partial charge >= 0.3 is 0 Å². The van der Waals surface area contributed by atoms with Crippen molar-refractivity contribution in [3.8, 4) is 0 Å². The number of hydrogen-bond donors (Lipinski definition) is 2. The second-order valence-electron chi connectivity index (χ2n) is 3.24. The highest BCUT2D eigenvalue weighted by atomic mass is 79.9. The van der Waals surface area contributed by atoms with Gasteiger partial charge < -0.3 is 10.4 Å². The summed E-state index contributed by atoms with van der Waals surface area (Å²) in [6.07, 6.45) is 1.91. The van der Waals surface area contributed by atoms with Gasteiger partial charge in [0.25, 0.3) is 0 Å². The van der Waals surface area contributed by atoms with Crippen LogP contribution in [0, 0.1) is 0 Å². The second kappa shape index (κ2) is 6.98. The number of nitrogens with one attached hydrogen (secondary N) is 1. The Morgan fingerprint density at radius 2 is 2.14 bits per heavy atom. The minimum absolute atomic E-state index is 0.290. The summed E-state index contributed by atoms with van der Waals surface area (Å²) in [4.78, 5) is 0. The van der Waals surface area contributed by atoms with Crippen LogP contribution < -0.4 is 5.32 Å². The molecule has 0 spiro atoms. The molecule has 1 aromatic carbocycles. The summed E-state index contributed by atoms with van der Waals surface area (Å²) in [5, 5.41) is 11.9. The molecule has 0 fully saturated rings. The zero-order valence-electron chi connectivity index (χ0n) is 8.17. The van der Waals surface area contributed by atoms with E-state index in [0.29, 0.717) is 6.61 Å². The predicted molar refractivity (Wildman–Crippen MR) is 62.2 cm³/mol. The molecule has 0 aliphatic carbocycles. The molecule has 2 N–H and O–H groups in total. The first kappa shape index (κ1) is 11.7. The molecule has 0 saturated carbocycles. The largest absolute Gasteiger partial charge is 0.396 e. The molecule has 0 unspecified atom stereocenters. The molecule has 0 aliphatic rings. The fourth-order valence-electron chi connectivity index (χ4n) is 1.24. The van der Waals surface area contributed by atoms with Crippen LogP contribution in [0.4, 0.5) is 0 Å². The van der Waals surface area contributed by atoms with E-state index in [1.165, 1.54) is 5.56 Å². The van der Waals surface area contributed by atoms with Crippen molar-refractivity contribution in [1.29, 1.82) is 0 Å². The number of aliphatic hydroxyl groups is 1. The van der Waals surface area contributed by atoms with E-state index in [1.807, 2.05) is 12.1 Å². The monoisotopic (exact) mass is 257 g/mol. The van der Waals surface area contributed by atoms with Crippen molar-refractivity contribution in [2.75, 3.05) is 13.2 Å². The third-order valence-corrected chi connectivity index (χ3v) is 2.47. The standard InChI is InChI=1S/C11H16BrNO/c12-11-5-3-4-10(8-11)9-13-6-1-2-7-14/h3-5,8,13-14H,1-2,6-7,9H2. The summed E-state index contributed by atoms with van der Waals surface area (Å²) in [5.74, 6) is 0. The van der Waals surface area contributed by atoms with Crippen molar-refractivity contribution >= 4 is 15.9 Å². The van der Waals surface area contributed by atoms with Gasteiger partial charge in [0.15, 0.2) is 0 Å². The Kier molecular flexibility index (Phi) is 5.83. The van der Waals surface area contributed by atoms with E-state index in [-0.39, 0.29) is 0 Å². The molecule has 0 bridgehead atoms. The molecule has 2 nitrogen and oxygen atoms in total. The molecule has 14 heavy (non-hydrogen) atoms. The maximum absolute atomic E-state index is 8.59. The Morgan fingerprint density at radius 3 is 2.86 bits per heavy atom. The first-order valence-electron chi connectivity index (χ1n) is 4.89. The van der Waals surface area contributed by atoms with Crippen LogP contribution in [0.3, 0.4) is 0 Å². The molecule has 0 heterocycles. The molecule has 0 aliphatic heterocycles. The summed E-state index contributed by atoms with van der Waals surface area (Å²) < 4.78 is 1.12. The van der Waals surface area contributed by atoms with Crippen LogP contribution in [0.2, 0.25) is 0 Å². The van der Waals surface area contributed by atoms with Crippen LogP contribution in [0.1, 0.15) is 18.4 Å². The molecule has 78 valence electrons. The van der Waals surface area contributed by atoms with Gasteiger partial charge in [-0.25, -0.2) is 0 Å². The van der Waals surface area contributed by atoms with Crippen LogP contribution >= 0.6 is 15.9 Å². The Bertz CT molecular complexity index is 265. The molecule has 1 aromatic rings. The molecule has 0 atom stereocenters. The third-order valence-electron chi connectivity index (χ3n) is 1.98. The summed E-state index contributed by atoms with van der Waals surface area (Å²) in [5.41, 5.74) is 1.28. The number of rotatable bonds is 6. The van der Waals surface area contributed by atoms with Crippen molar-refractivity contribution in [2.45, 2.75) is 19.4 Å². The van der Waals surface area contributed by atoms with Gasteiger partial charge in [-0.05, 0) is 37.1 Å². The Balaban J connectivity index is 2.18. The lowest BCUT2D eigenvalue weighted by Gasteiger charge is -2.04. The van der Waals surface area contributed by atoms with Gasteiger partial charge in [-0.15, -0.1) is 0 Å². The SMILES string of the molecule is OCCCCNCc1cccc(Br)c1. The minimum Gasteiger partial charge on any atom is -0.396 e. The van der Waals surface area contributed by atoms with Crippen molar-refractivity contribution < 1.29 is 5.11 Å². The zero-order valence-corrected chi connectivity index (χ0v) is 9.76. The van der Waals surface area contributed by atoms with E-state index in [4.69, 9.17) is 5.11 Å². The van der Waals surface area contributed by atoms with Crippen LogP contribution in [0.15, 0.2) is 28.7 Å². The van der Waals surface area contributed by atoms with Gasteiger partial charge in [0, 0.05) is 17.6 Å². The maximum Gasteiger partial charge on any atom is 0.0431 e. The number of unbranched alkanes of at least 4 members (excludes halogenated alkanes) is 1. The fourth-order valence-corrected chi connectivity index (χ4v) is 1.69. The fraction of sp³-hybridized carbons (Fsp3) is 0.455. The first-order chi connectivity index (χ1) is 6.83. The Hall–Kier alpha value is -0.380.